The van der Waals surface area contributed by atoms with Crippen molar-refractivity contribution in [3.63, 3.8) is 0 Å². The van der Waals surface area contributed by atoms with Crippen LogP contribution in [0.2, 0.25) is 0 Å². The van der Waals surface area contributed by atoms with Gasteiger partial charge in [-0.1, -0.05) is 0 Å². The molecule has 3 rings (SSSR count). The standard InChI is InChI=1S/C18H27N7O/c1-23(2)11-16-21-22-17(25(16)5)13-8-14(9-13)20-18(26)12-6-7-15(19-10-12)24(3)4/h6-7,10,13-14H,8-9,11H2,1-5H3,(H,20,26). The second kappa shape index (κ2) is 7.41. The number of aromatic nitrogens is 4. The van der Waals surface area contributed by atoms with Gasteiger partial charge in [-0.15, -0.1) is 10.2 Å². The monoisotopic (exact) mass is 357 g/mol. The predicted octanol–water partition coefficient (Wildman–Crippen LogP) is 1.01. The molecule has 1 fully saturated rings. The molecule has 1 N–H and O–H groups in total. The molecule has 0 bridgehead atoms. The Bertz CT molecular complexity index is 760. The maximum atomic E-state index is 12.4. The number of hydrogen-bond acceptors (Lipinski definition) is 6. The third kappa shape index (κ3) is 3.85. The number of pyridine rings is 1. The summed E-state index contributed by atoms with van der Waals surface area (Å²) in [5, 5.41) is 11.7. The van der Waals surface area contributed by atoms with Crippen LogP contribution in [-0.4, -0.2) is 64.8 Å². The van der Waals surface area contributed by atoms with E-state index in [0.29, 0.717) is 11.5 Å². The van der Waals surface area contributed by atoms with E-state index in [0.717, 1.165) is 36.9 Å². The summed E-state index contributed by atoms with van der Waals surface area (Å²) in [6, 6.07) is 3.84. The first kappa shape index (κ1) is 18.3. The lowest BCUT2D eigenvalue weighted by atomic mass is 9.79. The average Bonchev–Trinajstić information content (AvgIpc) is 2.90. The molecule has 1 aliphatic rings. The van der Waals surface area contributed by atoms with Crippen molar-refractivity contribution in [1.29, 1.82) is 0 Å². The molecule has 2 heterocycles. The molecule has 0 unspecified atom stereocenters. The third-order valence-corrected chi connectivity index (χ3v) is 4.76. The number of rotatable bonds is 6. The molecule has 2 aromatic rings. The SMILES string of the molecule is CN(C)Cc1nnc(C2CC(NC(=O)c3ccc(N(C)C)nc3)C2)n1C. The van der Waals surface area contributed by atoms with Crippen LogP contribution in [0.3, 0.4) is 0 Å². The summed E-state index contributed by atoms with van der Waals surface area (Å²) in [7, 11) is 9.89. The summed E-state index contributed by atoms with van der Waals surface area (Å²) < 4.78 is 2.08. The zero-order valence-corrected chi connectivity index (χ0v) is 16.1. The molecule has 8 heteroatoms. The molecule has 0 spiro atoms. The molecule has 1 amide bonds. The molecule has 0 radical (unpaired) electrons. The Morgan fingerprint density at radius 2 is 1.96 bits per heavy atom. The zero-order valence-electron chi connectivity index (χ0n) is 16.1. The molecular formula is C18H27N7O. The third-order valence-electron chi connectivity index (χ3n) is 4.76. The lowest BCUT2D eigenvalue weighted by Gasteiger charge is -2.35. The van der Waals surface area contributed by atoms with Crippen molar-refractivity contribution in [1.82, 2.24) is 30.0 Å². The summed E-state index contributed by atoms with van der Waals surface area (Å²) in [5.41, 5.74) is 0.589. The molecule has 0 aliphatic heterocycles. The van der Waals surface area contributed by atoms with E-state index in [-0.39, 0.29) is 11.9 Å². The predicted molar refractivity (Wildman–Crippen MR) is 100 cm³/mol. The van der Waals surface area contributed by atoms with E-state index in [2.05, 4.69) is 30.0 Å². The van der Waals surface area contributed by atoms with Crippen molar-refractivity contribution in [2.75, 3.05) is 33.1 Å². The molecule has 140 valence electrons. The Morgan fingerprint density at radius 3 is 2.54 bits per heavy atom. The van der Waals surface area contributed by atoms with Crippen molar-refractivity contribution in [2.24, 2.45) is 7.05 Å². The highest BCUT2D eigenvalue weighted by Gasteiger charge is 2.35. The average molecular weight is 357 g/mol. The van der Waals surface area contributed by atoms with Gasteiger partial charge in [0.2, 0.25) is 0 Å². The van der Waals surface area contributed by atoms with Gasteiger partial charge in [0, 0.05) is 39.3 Å². The van der Waals surface area contributed by atoms with Crippen LogP contribution in [0.1, 0.15) is 40.8 Å². The van der Waals surface area contributed by atoms with Crippen molar-refractivity contribution >= 4 is 11.7 Å². The smallest absolute Gasteiger partial charge is 0.253 e. The van der Waals surface area contributed by atoms with Gasteiger partial charge in [-0.05, 0) is 39.1 Å². The lowest BCUT2D eigenvalue weighted by molar-refractivity contribution is 0.0906. The lowest BCUT2D eigenvalue weighted by Crippen LogP contribution is -2.44. The van der Waals surface area contributed by atoms with Crippen LogP contribution < -0.4 is 10.2 Å². The number of carbonyl (C=O) groups excluding carboxylic acids is 1. The van der Waals surface area contributed by atoms with Crippen LogP contribution >= 0.6 is 0 Å². The molecule has 0 saturated heterocycles. The quantitative estimate of drug-likeness (QED) is 0.831. The van der Waals surface area contributed by atoms with Gasteiger partial charge in [0.25, 0.3) is 5.91 Å². The topological polar surface area (TPSA) is 79.2 Å². The van der Waals surface area contributed by atoms with Crippen LogP contribution in [0.15, 0.2) is 18.3 Å². The van der Waals surface area contributed by atoms with Gasteiger partial charge in [0.1, 0.15) is 17.5 Å². The van der Waals surface area contributed by atoms with Crippen LogP contribution in [0, 0.1) is 0 Å². The van der Waals surface area contributed by atoms with Crippen LogP contribution in [-0.2, 0) is 13.6 Å². The highest BCUT2D eigenvalue weighted by molar-refractivity contribution is 5.94. The van der Waals surface area contributed by atoms with E-state index in [1.54, 1.807) is 6.20 Å². The van der Waals surface area contributed by atoms with Gasteiger partial charge >= 0.3 is 0 Å². The Labute approximate surface area is 154 Å². The van der Waals surface area contributed by atoms with Crippen LogP contribution in [0.25, 0.3) is 0 Å². The van der Waals surface area contributed by atoms with Gasteiger partial charge < -0.3 is 19.7 Å². The minimum Gasteiger partial charge on any atom is -0.363 e. The molecule has 1 aliphatic carbocycles. The summed E-state index contributed by atoms with van der Waals surface area (Å²) >= 11 is 0. The number of carbonyl (C=O) groups is 1. The fraction of sp³-hybridized carbons (Fsp3) is 0.556. The largest absolute Gasteiger partial charge is 0.363 e. The van der Waals surface area contributed by atoms with E-state index in [1.807, 2.05) is 52.3 Å². The van der Waals surface area contributed by atoms with E-state index < -0.39 is 0 Å². The second-order valence-electron chi connectivity index (χ2n) is 7.41. The molecule has 0 atom stereocenters. The number of amides is 1. The first-order chi connectivity index (χ1) is 12.3. The Hall–Kier alpha value is -2.48. The highest BCUT2D eigenvalue weighted by atomic mass is 16.1. The summed E-state index contributed by atoms with van der Waals surface area (Å²) in [4.78, 5) is 20.6. The molecule has 1 saturated carbocycles. The van der Waals surface area contributed by atoms with Gasteiger partial charge in [0.05, 0.1) is 12.1 Å². The number of nitrogens with zero attached hydrogens (tertiary/aromatic N) is 6. The van der Waals surface area contributed by atoms with Gasteiger partial charge in [-0.2, -0.15) is 0 Å². The van der Waals surface area contributed by atoms with Crippen molar-refractivity contribution < 1.29 is 4.79 Å². The molecule has 8 nitrogen and oxygen atoms in total. The minimum absolute atomic E-state index is 0.0717. The summed E-state index contributed by atoms with van der Waals surface area (Å²) in [6.07, 6.45) is 3.41. The van der Waals surface area contributed by atoms with Gasteiger partial charge in [-0.3, -0.25) is 4.79 Å². The Balaban J connectivity index is 1.54. The minimum atomic E-state index is -0.0717. The van der Waals surface area contributed by atoms with Crippen molar-refractivity contribution in [3.8, 4) is 0 Å². The van der Waals surface area contributed by atoms with Crippen LogP contribution in [0.5, 0.6) is 0 Å². The molecule has 0 aromatic carbocycles. The second-order valence-corrected chi connectivity index (χ2v) is 7.41. The Kier molecular flexibility index (Phi) is 5.22. The first-order valence-corrected chi connectivity index (χ1v) is 8.82. The van der Waals surface area contributed by atoms with Gasteiger partial charge in [-0.25, -0.2) is 4.98 Å². The number of anilines is 1. The van der Waals surface area contributed by atoms with Crippen molar-refractivity contribution in [3.05, 3.63) is 35.5 Å². The maximum Gasteiger partial charge on any atom is 0.253 e. The fourth-order valence-electron chi connectivity index (χ4n) is 3.15. The van der Waals surface area contributed by atoms with E-state index in [1.165, 1.54) is 0 Å². The fourth-order valence-corrected chi connectivity index (χ4v) is 3.15. The first-order valence-electron chi connectivity index (χ1n) is 8.82. The summed E-state index contributed by atoms with van der Waals surface area (Å²) in [6.45, 7) is 0.770. The highest BCUT2D eigenvalue weighted by Crippen LogP contribution is 2.36. The molecule has 2 aromatic heterocycles. The summed E-state index contributed by atoms with van der Waals surface area (Å²) in [5.74, 6) is 3.08. The molecular weight excluding hydrogens is 330 g/mol. The Morgan fingerprint density at radius 1 is 1.23 bits per heavy atom. The van der Waals surface area contributed by atoms with E-state index in [4.69, 9.17) is 0 Å². The number of nitrogens with one attached hydrogen (secondary N) is 1. The van der Waals surface area contributed by atoms with Crippen molar-refractivity contribution in [2.45, 2.75) is 31.3 Å². The molecule has 26 heavy (non-hydrogen) atoms. The zero-order chi connectivity index (χ0) is 18.8. The van der Waals surface area contributed by atoms with E-state index >= 15 is 0 Å². The number of hydrogen-bond donors (Lipinski definition) is 1. The van der Waals surface area contributed by atoms with E-state index in [9.17, 15) is 4.79 Å². The normalized spacial score (nSPS) is 19.3. The van der Waals surface area contributed by atoms with Gasteiger partial charge in [0.15, 0.2) is 0 Å². The van der Waals surface area contributed by atoms with Crippen LogP contribution in [0.4, 0.5) is 5.82 Å². The maximum absolute atomic E-state index is 12.4.